The minimum absolute atomic E-state index is 0.0929. The van der Waals surface area contributed by atoms with Crippen molar-refractivity contribution in [2.75, 3.05) is 10.6 Å². The van der Waals surface area contributed by atoms with E-state index in [1.165, 1.54) is 17.3 Å². The van der Waals surface area contributed by atoms with Crippen molar-refractivity contribution < 1.29 is 14.4 Å². The number of carbonyl (C=O) groups excluding carboxylic acids is 3. The molecule has 3 amide bonds. The Bertz CT molecular complexity index is 1640. The van der Waals surface area contributed by atoms with Crippen LogP contribution in [0.4, 0.5) is 11.4 Å². The number of hydrogen-bond acceptors (Lipinski definition) is 4. The fourth-order valence-corrected chi connectivity index (χ4v) is 5.30. The summed E-state index contributed by atoms with van der Waals surface area (Å²) in [4.78, 5) is 40.0. The molecular formula is C34H31Cl2N3O3S. The topological polar surface area (TPSA) is 87.3 Å². The van der Waals surface area contributed by atoms with Gasteiger partial charge in [-0.05, 0) is 72.5 Å². The first-order valence-electron chi connectivity index (χ1n) is 13.6. The van der Waals surface area contributed by atoms with Gasteiger partial charge in [0.2, 0.25) is 5.91 Å². The minimum atomic E-state index is -0.485. The van der Waals surface area contributed by atoms with E-state index >= 15 is 0 Å². The average Bonchev–Trinajstić information content (AvgIpc) is 3.00. The molecule has 1 unspecified atom stereocenters. The fourth-order valence-electron chi connectivity index (χ4n) is 4.02. The lowest BCUT2D eigenvalue weighted by molar-refractivity contribution is -0.115. The monoisotopic (exact) mass is 631 g/mol. The molecule has 0 heterocycles. The van der Waals surface area contributed by atoms with Gasteiger partial charge in [0.25, 0.3) is 11.8 Å². The van der Waals surface area contributed by atoms with E-state index < -0.39 is 17.1 Å². The normalized spacial score (nSPS) is 12.0. The second-order valence-electron chi connectivity index (χ2n) is 10.0. The Morgan fingerprint density at radius 1 is 0.791 bits per heavy atom. The van der Waals surface area contributed by atoms with Gasteiger partial charge in [0.1, 0.15) is 5.70 Å². The van der Waals surface area contributed by atoms with Gasteiger partial charge in [-0.1, -0.05) is 91.6 Å². The van der Waals surface area contributed by atoms with Gasteiger partial charge >= 0.3 is 0 Å². The van der Waals surface area contributed by atoms with Crippen LogP contribution in [-0.4, -0.2) is 23.0 Å². The van der Waals surface area contributed by atoms with Crippen LogP contribution in [0.25, 0.3) is 6.08 Å². The minimum Gasteiger partial charge on any atom is -0.324 e. The maximum absolute atomic E-state index is 13.5. The third-order valence-electron chi connectivity index (χ3n) is 6.43. The first-order valence-corrected chi connectivity index (χ1v) is 15.2. The summed E-state index contributed by atoms with van der Waals surface area (Å²) < 4.78 is 0. The zero-order valence-electron chi connectivity index (χ0n) is 23.9. The number of nitrogens with one attached hydrogen (secondary N) is 3. The number of benzene rings is 4. The van der Waals surface area contributed by atoms with Gasteiger partial charge in [0.15, 0.2) is 0 Å². The van der Waals surface area contributed by atoms with Crippen LogP contribution in [0.1, 0.15) is 48.2 Å². The molecule has 0 radical (unpaired) electrons. The van der Waals surface area contributed by atoms with Crippen molar-refractivity contribution in [1.29, 1.82) is 0 Å². The highest BCUT2D eigenvalue weighted by Crippen LogP contribution is 2.31. The lowest BCUT2D eigenvalue weighted by Gasteiger charge is -2.15. The largest absolute Gasteiger partial charge is 0.324 e. The van der Waals surface area contributed by atoms with E-state index in [0.717, 1.165) is 10.5 Å². The van der Waals surface area contributed by atoms with Gasteiger partial charge in [0.05, 0.1) is 21.0 Å². The van der Waals surface area contributed by atoms with Crippen molar-refractivity contribution in [2.45, 2.75) is 36.8 Å². The van der Waals surface area contributed by atoms with E-state index in [2.05, 4.69) is 29.8 Å². The quantitative estimate of drug-likeness (QED) is 0.121. The molecule has 0 aromatic heterocycles. The number of carbonyl (C=O) groups is 3. The molecule has 1 atom stereocenters. The number of thioether (sulfide) groups is 1. The molecule has 4 aromatic carbocycles. The molecule has 0 aliphatic rings. The van der Waals surface area contributed by atoms with Gasteiger partial charge in [-0.2, -0.15) is 0 Å². The number of hydrogen-bond donors (Lipinski definition) is 3. The Kier molecular flexibility index (Phi) is 11.1. The van der Waals surface area contributed by atoms with Crippen LogP contribution < -0.4 is 16.0 Å². The first kappa shape index (κ1) is 31.9. The van der Waals surface area contributed by atoms with E-state index in [0.29, 0.717) is 27.9 Å². The molecule has 220 valence electrons. The summed E-state index contributed by atoms with van der Waals surface area (Å²) in [6.07, 6.45) is 1.65. The van der Waals surface area contributed by atoms with E-state index in [1.807, 2.05) is 36.4 Å². The molecule has 0 saturated heterocycles. The van der Waals surface area contributed by atoms with Gasteiger partial charge in [-0.15, -0.1) is 11.8 Å². The zero-order valence-corrected chi connectivity index (χ0v) is 26.2. The Hall–Kier alpha value is -4.04. The molecule has 0 aliphatic carbocycles. The summed E-state index contributed by atoms with van der Waals surface area (Å²) in [7, 11) is 0. The van der Waals surface area contributed by atoms with Gasteiger partial charge in [0, 0.05) is 16.1 Å². The molecule has 0 spiro atoms. The molecule has 43 heavy (non-hydrogen) atoms. The fraction of sp³-hybridized carbons (Fsp3) is 0.147. The van der Waals surface area contributed by atoms with Gasteiger partial charge in [-0.25, -0.2) is 0 Å². The van der Waals surface area contributed by atoms with Crippen LogP contribution in [0.15, 0.2) is 108 Å². The summed E-state index contributed by atoms with van der Waals surface area (Å²) in [6, 6.07) is 28.7. The third-order valence-corrected chi connectivity index (χ3v) is 8.34. The Balaban J connectivity index is 1.50. The third kappa shape index (κ3) is 8.97. The number of anilines is 2. The predicted octanol–water partition coefficient (Wildman–Crippen LogP) is 8.65. The van der Waals surface area contributed by atoms with E-state index in [9.17, 15) is 14.4 Å². The van der Waals surface area contributed by atoms with Crippen LogP contribution in [-0.2, 0) is 9.59 Å². The smallest absolute Gasteiger partial charge is 0.272 e. The van der Waals surface area contributed by atoms with E-state index in [1.54, 1.807) is 73.7 Å². The molecule has 0 bridgehead atoms. The first-order chi connectivity index (χ1) is 20.6. The predicted molar refractivity (Wildman–Crippen MR) is 178 cm³/mol. The summed E-state index contributed by atoms with van der Waals surface area (Å²) in [5, 5.41) is 8.60. The molecule has 0 aliphatic heterocycles. The molecule has 0 saturated carbocycles. The zero-order chi connectivity index (χ0) is 30.9. The van der Waals surface area contributed by atoms with Crippen molar-refractivity contribution in [1.82, 2.24) is 5.32 Å². The Morgan fingerprint density at radius 2 is 1.49 bits per heavy atom. The van der Waals surface area contributed by atoms with Crippen LogP contribution in [0, 0.1) is 0 Å². The molecule has 4 rings (SSSR count). The second kappa shape index (κ2) is 14.9. The highest BCUT2D eigenvalue weighted by Gasteiger charge is 2.18. The SMILES string of the molecule is CC(Sc1cccc(NC(=O)/C(=C\c2ccc(C(C)C)cc2)NC(=O)c2ccccc2)c1)C(=O)Nc1cccc(Cl)c1Cl. The highest BCUT2D eigenvalue weighted by molar-refractivity contribution is 8.00. The molecule has 4 aromatic rings. The average molecular weight is 633 g/mol. The maximum atomic E-state index is 13.5. The number of rotatable bonds is 10. The lowest BCUT2D eigenvalue weighted by Crippen LogP contribution is -2.30. The van der Waals surface area contributed by atoms with Crippen LogP contribution in [0.2, 0.25) is 10.0 Å². The lowest BCUT2D eigenvalue weighted by atomic mass is 10.0. The number of halogens is 2. The van der Waals surface area contributed by atoms with Crippen LogP contribution >= 0.6 is 35.0 Å². The summed E-state index contributed by atoms with van der Waals surface area (Å²) in [6.45, 7) is 5.99. The van der Waals surface area contributed by atoms with Gasteiger partial charge in [-0.3, -0.25) is 14.4 Å². The van der Waals surface area contributed by atoms with Crippen molar-refractivity contribution in [3.05, 3.63) is 129 Å². The van der Waals surface area contributed by atoms with E-state index in [-0.39, 0.29) is 16.6 Å². The molecule has 9 heteroatoms. The van der Waals surface area contributed by atoms with Crippen LogP contribution in [0.3, 0.4) is 0 Å². The Labute approximate surface area is 265 Å². The number of amides is 3. The van der Waals surface area contributed by atoms with Crippen molar-refractivity contribution >= 4 is 70.1 Å². The standard InChI is InChI=1S/C34H31Cl2N3O3S/c1-21(2)24-17-15-23(16-18-24)19-30(39-33(41)25-9-5-4-6-10-25)34(42)37-26-11-7-12-27(20-26)43-22(3)32(40)38-29-14-8-13-28(35)31(29)36/h4-22H,1-3H3,(H,37,42)(H,38,40)(H,39,41)/b30-19+. The van der Waals surface area contributed by atoms with E-state index in [4.69, 9.17) is 23.2 Å². The molecule has 6 nitrogen and oxygen atoms in total. The second-order valence-corrected chi connectivity index (χ2v) is 12.2. The summed E-state index contributed by atoms with van der Waals surface area (Å²) in [5.41, 5.74) is 3.41. The van der Waals surface area contributed by atoms with Crippen molar-refractivity contribution in [2.24, 2.45) is 0 Å². The summed E-state index contributed by atoms with van der Waals surface area (Å²) in [5.74, 6) is -0.765. The van der Waals surface area contributed by atoms with Crippen LogP contribution in [0.5, 0.6) is 0 Å². The highest BCUT2D eigenvalue weighted by atomic mass is 35.5. The van der Waals surface area contributed by atoms with Crippen molar-refractivity contribution in [3.63, 3.8) is 0 Å². The molecular weight excluding hydrogens is 601 g/mol. The summed E-state index contributed by atoms with van der Waals surface area (Å²) >= 11 is 13.6. The Morgan fingerprint density at radius 3 is 2.19 bits per heavy atom. The van der Waals surface area contributed by atoms with Crippen molar-refractivity contribution in [3.8, 4) is 0 Å². The molecule has 0 fully saturated rings. The molecule has 3 N–H and O–H groups in total. The maximum Gasteiger partial charge on any atom is 0.272 e. The van der Waals surface area contributed by atoms with Gasteiger partial charge < -0.3 is 16.0 Å².